The maximum Gasteiger partial charge on any atom is 0.336 e. The standard InChI is InChI=1S/C8H18NO4P/c1-7(9-10)6-8(2,3)14(11,12-4)13-5/h10H,6H2,1-5H3/b9-7-. The third kappa shape index (κ3) is 2.80. The van der Waals surface area contributed by atoms with Crippen LogP contribution >= 0.6 is 7.60 Å². The van der Waals surface area contributed by atoms with E-state index in [1.165, 1.54) is 14.2 Å². The number of nitrogens with zero attached hydrogens (tertiary/aromatic N) is 1. The van der Waals surface area contributed by atoms with E-state index in [1.54, 1.807) is 20.8 Å². The average Bonchev–Trinajstić information content (AvgIpc) is 2.15. The van der Waals surface area contributed by atoms with Gasteiger partial charge in [-0.1, -0.05) is 5.16 Å². The van der Waals surface area contributed by atoms with Crippen molar-refractivity contribution in [3.63, 3.8) is 0 Å². The SMILES string of the molecule is COP(=O)(OC)C(C)(C)C/C(C)=N\O. The molecule has 5 nitrogen and oxygen atoms in total. The minimum Gasteiger partial charge on any atom is -0.411 e. The van der Waals surface area contributed by atoms with Crippen molar-refractivity contribution < 1.29 is 18.8 Å². The molecule has 6 heteroatoms. The molecule has 0 spiro atoms. The second kappa shape index (κ2) is 4.91. The summed E-state index contributed by atoms with van der Waals surface area (Å²) in [5, 5.41) is 10.9. The zero-order valence-electron chi connectivity index (χ0n) is 9.27. The zero-order chi connectivity index (χ0) is 11.4. The van der Waals surface area contributed by atoms with Gasteiger partial charge in [-0.05, 0) is 20.8 Å². The van der Waals surface area contributed by atoms with E-state index in [1.807, 2.05) is 0 Å². The highest BCUT2D eigenvalue weighted by molar-refractivity contribution is 7.55. The summed E-state index contributed by atoms with van der Waals surface area (Å²) >= 11 is 0. The summed E-state index contributed by atoms with van der Waals surface area (Å²) in [5.74, 6) is 0. The molecule has 0 aromatic carbocycles. The van der Waals surface area contributed by atoms with Crippen LogP contribution in [0, 0.1) is 0 Å². The molecule has 0 unspecified atom stereocenters. The lowest BCUT2D eigenvalue weighted by atomic mass is 10.1. The summed E-state index contributed by atoms with van der Waals surface area (Å²) < 4.78 is 21.8. The van der Waals surface area contributed by atoms with Crippen LogP contribution in [-0.4, -0.2) is 30.3 Å². The fraction of sp³-hybridized carbons (Fsp3) is 0.875. The molecule has 14 heavy (non-hydrogen) atoms. The summed E-state index contributed by atoms with van der Waals surface area (Å²) in [6.07, 6.45) is 0.350. The molecule has 0 bridgehead atoms. The van der Waals surface area contributed by atoms with Gasteiger partial charge in [0.15, 0.2) is 0 Å². The van der Waals surface area contributed by atoms with E-state index < -0.39 is 12.8 Å². The highest BCUT2D eigenvalue weighted by Gasteiger charge is 2.42. The van der Waals surface area contributed by atoms with Gasteiger partial charge in [0.1, 0.15) is 0 Å². The van der Waals surface area contributed by atoms with Crippen molar-refractivity contribution in [1.29, 1.82) is 0 Å². The van der Waals surface area contributed by atoms with E-state index >= 15 is 0 Å². The minimum atomic E-state index is -3.14. The molecule has 0 aliphatic rings. The van der Waals surface area contributed by atoms with Crippen LogP contribution in [0.1, 0.15) is 27.2 Å². The molecule has 0 heterocycles. The quantitative estimate of drug-likeness (QED) is 0.336. The molecule has 0 aromatic rings. The summed E-state index contributed by atoms with van der Waals surface area (Å²) in [4.78, 5) is 0. The predicted octanol–water partition coefficient (Wildman–Crippen LogP) is 2.49. The van der Waals surface area contributed by atoms with Gasteiger partial charge in [-0.25, -0.2) is 0 Å². The van der Waals surface area contributed by atoms with E-state index in [0.717, 1.165) is 0 Å². The van der Waals surface area contributed by atoms with Crippen LogP contribution in [0.15, 0.2) is 5.16 Å². The molecule has 0 atom stereocenters. The molecular formula is C8H18NO4P. The van der Waals surface area contributed by atoms with Gasteiger partial charge in [0.25, 0.3) is 0 Å². The lowest BCUT2D eigenvalue weighted by molar-refractivity contribution is 0.251. The molecule has 0 rings (SSSR count). The summed E-state index contributed by atoms with van der Waals surface area (Å²) in [5.41, 5.74) is 0.490. The summed E-state index contributed by atoms with van der Waals surface area (Å²) in [7, 11) is -0.454. The Morgan fingerprint density at radius 3 is 2.14 bits per heavy atom. The molecule has 1 N–H and O–H groups in total. The van der Waals surface area contributed by atoms with Crippen molar-refractivity contribution in [3.8, 4) is 0 Å². The second-order valence-electron chi connectivity index (χ2n) is 3.69. The number of rotatable bonds is 5. The minimum absolute atomic E-state index is 0.350. The molecule has 0 fully saturated rings. The van der Waals surface area contributed by atoms with Gasteiger partial charge in [0.2, 0.25) is 0 Å². The van der Waals surface area contributed by atoms with Crippen LogP contribution in [0.2, 0.25) is 0 Å². The first kappa shape index (κ1) is 13.6. The van der Waals surface area contributed by atoms with Gasteiger partial charge in [-0.15, -0.1) is 0 Å². The molecule has 0 saturated carbocycles. The normalized spacial score (nSPS) is 14.5. The Kier molecular flexibility index (Phi) is 4.78. The van der Waals surface area contributed by atoms with Gasteiger partial charge in [0, 0.05) is 20.6 Å². The highest BCUT2D eigenvalue weighted by atomic mass is 31.2. The van der Waals surface area contributed by atoms with Crippen molar-refractivity contribution in [1.82, 2.24) is 0 Å². The summed E-state index contributed by atoms with van der Waals surface area (Å²) in [6, 6.07) is 0. The molecule has 0 amide bonds. The van der Waals surface area contributed by atoms with Crippen molar-refractivity contribution >= 4 is 13.3 Å². The molecule has 0 aliphatic heterocycles. The number of hydrogen-bond donors (Lipinski definition) is 1. The van der Waals surface area contributed by atoms with Crippen molar-refractivity contribution in [2.45, 2.75) is 32.3 Å². The van der Waals surface area contributed by atoms with Crippen LogP contribution in [0.3, 0.4) is 0 Å². The molecule has 84 valence electrons. The second-order valence-corrected chi connectivity index (χ2v) is 6.62. The van der Waals surface area contributed by atoms with Crippen LogP contribution in [0.5, 0.6) is 0 Å². The van der Waals surface area contributed by atoms with E-state index in [9.17, 15) is 4.57 Å². The lowest BCUT2D eigenvalue weighted by Crippen LogP contribution is -2.25. The molecular weight excluding hydrogens is 205 g/mol. The smallest absolute Gasteiger partial charge is 0.336 e. The molecule has 0 aliphatic carbocycles. The Morgan fingerprint density at radius 2 is 1.86 bits per heavy atom. The fourth-order valence-corrected chi connectivity index (χ4v) is 2.89. The fourth-order valence-electron chi connectivity index (χ4n) is 1.33. The maximum absolute atomic E-state index is 12.0. The third-order valence-electron chi connectivity index (χ3n) is 2.08. The first-order valence-corrected chi connectivity index (χ1v) is 5.76. The lowest BCUT2D eigenvalue weighted by Gasteiger charge is -2.30. The van der Waals surface area contributed by atoms with Crippen molar-refractivity contribution in [3.05, 3.63) is 0 Å². The zero-order valence-corrected chi connectivity index (χ0v) is 10.2. The number of hydrogen-bond acceptors (Lipinski definition) is 5. The third-order valence-corrected chi connectivity index (χ3v) is 4.68. The molecule has 0 radical (unpaired) electrons. The Balaban J connectivity index is 4.84. The maximum atomic E-state index is 12.0. The topological polar surface area (TPSA) is 68.1 Å². The predicted molar refractivity (Wildman–Crippen MR) is 55.2 cm³/mol. The van der Waals surface area contributed by atoms with Crippen LogP contribution < -0.4 is 0 Å². The molecule has 0 aromatic heterocycles. The van der Waals surface area contributed by atoms with E-state index in [4.69, 9.17) is 14.3 Å². The first-order valence-electron chi connectivity index (χ1n) is 4.22. The Hall–Kier alpha value is -0.380. The Bertz CT molecular complexity index is 254. The van der Waals surface area contributed by atoms with Gasteiger partial charge >= 0.3 is 7.60 Å². The average molecular weight is 223 g/mol. The molecule has 0 saturated heterocycles. The van der Waals surface area contributed by atoms with Gasteiger partial charge in [-0.3, -0.25) is 4.57 Å². The van der Waals surface area contributed by atoms with Gasteiger partial charge in [-0.2, -0.15) is 0 Å². The van der Waals surface area contributed by atoms with E-state index in [-0.39, 0.29) is 0 Å². The van der Waals surface area contributed by atoms with Crippen molar-refractivity contribution in [2.24, 2.45) is 5.16 Å². The van der Waals surface area contributed by atoms with E-state index in [2.05, 4.69) is 5.16 Å². The summed E-state index contributed by atoms with van der Waals surface area (Å²) in [6.45, 7) is 5.14. The van der Waals surface area contributed by atoms with E-state index in [0.29, 0.717) is 12.1 Å². The first-order chi connectivity index (χ1) is 6.33. The largest absolute Gasteiger partial charge is 0.411 e. The van der Waals surface area contributed by atoms with Crippen molar-refractivity contribution in [2.75, 3.05) is 14.2 Å². The van der Waals surface area contributed by atoms with Gasteiger partial charge in [0.05, 0.1) is 10.9 Å². The highest BCUT2D eigenvalue weighted by Crippen LogP contribution is 2.60. The van der Waals surface area contributed by atoms with Crippen LogP contribution in [-0.2, 0) is 13.6 Å². The Labute approximate surface area is 84.6 Å². The van der Waals surface area contributed by atoms with Crippen LogP contribution in [0.25, 0.3) is 0 Å². The van der Waals surface area contributed by atoms with Crippen LogP contribution in [0.4, 0.5) is 0 Å². The number of oxime groups is 1. The van der Waals surface area contributed by atoms with Gasteiger partial charge < -0.3 is 14.3 Å². The monoisotopic (exact) mass is 223 g/mol. The Morgan fingerprint density at radius 1 is 1.43 bits per heavy atom.